The van der Waals surface area contributed by atoms with Crippen LogP contribution in [0, 0.1) is 5.82 Å². The number of rotatable bonds is 4. The molecule has 4 rings (SSSR count). The van der Waals surface area contributed by atoms with E-state index in [1.54, 1.807) is 29.7 Å². The van der Waals surface area contributed by atoms with E-state index in [1.807, 2.05) is 6.07 Å². The van der Waals surface area contributed by atoms with Crippen LogP contribution >= 0.6 is 0 Å². The molecular weight excluding hydrogens is 347 g/mol. The molecule has 1 atom stereocenters. The van der Waals surface area contributed by atoms with Crippen molar-refractivity contribution in [2.45, 2.75) is 12.3 Å². The molecule has 0 unspecified atom stereocenters. The molecule has 1 aliphatic rings. The number of carbonyl (C=O) groups excluding carboxylic acids is 1. The minimum atomic E-state index is -0.352. The molecule has 1 N–H and O–H groups in total. The van der Waals surface area contributed by atoms with Crippen molar-refractivity contribution >= 4 is 17.7 Å². The van der Waals surface area contributed by atoms with E-state index < -0.39 is 0 Å². The highest BCUT2D eigenvalue weighted by molar-refractivity contribution is 5.94. The van der Waals surface area contributed by atoms with Gasteiger partial charge < -0.3 is 10.2 Å². The highest BCUT2D eigenvalue weighted by Gasteiger charge is 2.29. The number of hydrogen-bond acceptors (Lipinski definition) is 6. The first kappa shape index (κ1) is 17.0. The van der Waals surface area contributed by atoms with Crippen molar-refractivity contribution in [2.75, 3.05) is 18.4 Å². The monoisotopic (exact) mass is 364 g/mol. The summed E-state index contributed by atoms with van der Waals surface area (Å²) in [5.74, 6) is 0.685. The summed E-state index contributed by atoms with van der Waals surface area (Å²) < 4.78 is 13.1. The Morgan fingerprint density at radius 2 is 1.96 bits per heavy atom. The molecule has 1 fully saturated rings. The van der Waals surface area contributed by atoms with E-state index in [9.17, 15) is 9.18 Å². The van der Waals surface area contributed by atoms with Crippen LogP contribution in [0.1, 0.15) is 28.4 Å². The van der Waals surface area contributed by atoms with E-state index >= 15 is 0 Å². The zero-order chi connectivity index (χ0) is 18.6. The maximum atomic E-state index is 13.1. The lowest BCUT2D eigenvalue weighted by Crippen LogP contribution is -2.28. The Labute approximate surface area is 155 Å². The molecule has 1 aliphatic heterocycles. The van der Waals surface area contributed by atoms with Gasteiger partial charge in [0.05, 0.1) is 11.9 Å². The molecule has 0 radical (unpaired) electrons. The van der Waals surface area contributed by atoms with Crippen molar-refractivity contribution in [3.8, 4) is 0 Å². The molecule has 0 aliphatic carbocycles. The maximum absolute atomic E-state index is 13.1. The molecule has 1 amide bonds. The Kier molecular flexibility index (Phi) is 4.69. The van der Waals surface area contributed by atoms with E-state index in [1.165, 1.54) is 24.3 Å². The van der Waals surface area contributed by atoms with Crippen LogP contribution in [-0.4, -0.2) is 43.8 Å². The van der Waals surface area contributed by atoms with Crippen molar-refractivity contribution in [1.82, 2.24) is 24.8 Å². The van der Waals surface area contributed by atoms with Crippen LogP contribution in [0.25, 0.3) is 0 Å². The predicted molar refractivity (Wildman–Crippen MR) is 97.0 cm³/mol. The molecule has 3 aromatic rings. The van der Waals surface area contributed by atoms with Crippen molar-refractivity contribution in [2.24, 2.45) is 0 Å². The van der Waals surface area contributed by atoms with Gasteiger partial charge in [-0.3, -0.25) is 9.78 Å². The highest BCUT2D eigenvalue weighted by Crippen LogP contribution is 2.27. The number of likely N-dealkylation sites (tertiary alicyclic amines) is 1. The molecule has 0 bridgehead atoms. The second-order valence-electron chi connectivity index (χ2n) is 6.26. The largest absolute Gasteiger partial charge is 0.338 e. The van der Waals surface area contributed by atoms with Crippen molar-refractivity contribution < 1.29 is 9.18 Å². The molecule has 3 heterocycles. The molecular formula is C19H17FN6O. The number of anilines is 2. The summed E-state index contributed by atoms with van der Waals surface area (Å²) in [7, 11) is 0. The average molecular weight is 364 g/mol. The van der Waals surface area contributed by atoms with Gasteiger partial charge in [0.2, 0.25) is 5.95 Å². The number of aromatic nitrogens is 4. The first-order valence-electron chi connectivity index (χ1n) is 8.60. The molecule has 2 aromatic heterocycles. The van der Waals surface area contributed by atoms with Gasteiger partial charge in [-0.05, 0) is 36.8 Å². The molecule has 1 aromatic carbocycles. The van der Waals surface area contributed by atoms with Crippen LogP contribution in [-0.2, 0) is 0 Å². The highest BCUT2D eigenvalue weighted by atomic mass is 19.1. The van der Waals surface area contributed by atoms with Crippen LogP contribution in [0.4, 0.5) is 16.2 Å². The molecule has 7 nitrogen and oxygen atoms in total. The lowest BCUT2D eigenvalue weighted by atomic mass is 10.1. The number of halogens is 1. The third-order valence-electron chi connectivity index (χ3n) is 4.47. The standard InChI is InChI=1S/C19H17FN6O/c20-15-3-1-13(2-4-15)18(27)26-10-6-14(12-26)16-5-7-23-19(24-16)25-17-11-21-8-9-22-17/h1-5,7-9,11,14H,6,10,12H2,(H,22,23,24,25)/t14-/m0/s1. The van der Waals surface area contributed by atoms with E-state index in [0.29, 0.717) is 30.4 Å². The average Bonchev–Trinajstić information content (AvgIpc) is 3.19. The molecule has 1 saturated heterocycles. The smallest absolute Gasteiger partial charge is 0.253 e. The lowest BCUT2D eigenvalue weighted by Gasteiger charge is -2.16. The van der Waals surface area contributed by atoms with Crippen molar-refractivity contribution in [3.05, 3.63) is 72.2 Å². The first-order chi connectivity index (χ1) is 13.2. The van der Waals surface area contributed by atoms with Gasteiger partial charge in [0.1, 0.15) is 5.82 Å². The van der Waals surface area contributed by atoms with Crippen molar-refractivity contribution in [1.29, 1.82) is 0 Å². The summed E-state index contributed by atoms with van der Waals surface area (Å²) in [6.07, 6.45) is 7.27. The van der Waals surface area contributed by atoms with Gasteiger partial charge in [0.15, 0.2) is 5.82 Å². The fraction of sp³-hybridized carbons (Fsp3) is 0.211. The maximum Gasteiger partial charge on any atom is 0.253 e. The molecule has 0 saturated carbocycles. The first-order valence-corrected chi connectivity index (χ1v) is 8.60. The number of hydrogen-bond donors (Lipinski definition) is 1. The summed E-state index contributed by atoms with van der Waals surface area (Å²) in [6.45, 7) is 1.20. The second-order valence-corrected chi connectivity index (χ2v) is 6.26. The van der Waals surface area contributed by atoms with E-state index in [2.05, 4.69) is 25.3 Å². The van der Waals surface area contributed by atoms with Crippen LogP contribution < -0.4 is 5.32 Å². The van der Waals surface area contributed by atoms with Crippen LogP contribution in [0.3, 0.4) is 0 Å². The Morgan fingerprint density at radius 3 is 2.74 bits per heavy atom. The Hall–Kier alpha value is -3.42. The Bertz CT molecular complexity index is 934. The zero-order valence-electron chi connectivity index (χ0n) is 14.4. The summed E-state index contributed by atoms with van der Waals surface area (Å²) in [5, 5.41) is 3.02. The van der Waals surface area contributed by atoms with Gasteiger partial charge in [0, 0.05) is 43.2 Å². The lowest BCUT2D eigenvalue weighted by molar-refractivity contribution is 0.0790. The van der Waals surface area contributed by atoms with Gasteiger partial charge in [-0.2, -0.15) is 0 Å². The zero-order valence-corrected chi connectivity index (χ0v) is 14.4. The number of amides is 1. The van der Waals surface area contributed by atoms with Gasteiger partial charge in [-0.15, -0.1) is 0 Å². The van der Waals surface area contributed by atoms with E-state index in [4.69, 9.17) is 0 Å². The molecule has 8 heteroatoms. The van der Waals surface area contributed by atoms with E-state index in [0.717, 1.165) is 12.1 Å². The second kappa shape index (κ2) is 7.45. The van der Waals surface area contributed by atoms with Gasteiger partial charge >= 0.3 is 0 Å². The third kappa shape index (κ3) is 3.89. The summed E-state index contributed by atoms with van der Waals surface area (Å²) in [4.78, 5) is 31.3. The normalized spacial score (nSPS) is 16.3. The minimum absolute atomic E-state index is 0.0931. The fourth-order valence-electron chi connectivity index (χ4n) is 3.10. The van der Waals surface area contributed by atoms with Crippen molar-refractivity contribution in [3.63, 3.8) is 0 Å². The fourth-order valence-corrected chi connectivity index (χ4v) is 3.10. The number of nitrogens with one attached hydrogen (secondary N) is 1. The van der Waals surface area contributed by atoms with E-state index in [-0.39, 0.29) is 17.6 Å². The summed E-state index contributed by atoms with van der Waals surface area (Å²) >= 11 is 0. The SMILES string of the molecule is O=C(c1ccc(F)cc1)N1CC[C@H](c2ccnc(Nc3cnccn3)n2)C1. The minimum Gasteiger partial charge on any atom is -0.338 e. The van der Waals surface area contributed by atoms with Crippen LogP contribution in [0.2, 0.25) is 0 Å². The molecule has 0 spiro atoms. The van der Waals surface area contributed by atoms with Crippen LogP contribution in [0.5, 0.6) is 0 Å². The Morgan fingerprint density at radius 1 is 1.11 bits per heavy atom. The number of carbonyl (C=O) groups is 1. The summed E-state index contributed by atoms with van der Waals surface area (Å²) in [5.41, 5.74) is 1.36. The molecule has 27 heavy (non-hydrogen) atoms. The molecule has 136 valence electrons. The van der Waals surface area contributed by atoms with Gasteiger partial charge in [0.25, 0.3) is 5.91 Å². The summed E-state index contributed by atoms with van der Waals surface area (Å²) in [6, 6.07) is 7.49. The number of nitrogens with zero attached hydrogens (tertiary/aromatic N) is 5. The number of benzene rings is 1. The third-order valence-corrected chi connectivity index (χ3v) is 4.47. The predicted octanol–water partition coefficient (Wildman–Crippen LogP) is 2.78. The quantitative estimate of drug-likeness (QED) is 0.766. The van der Waals surface area contributed by atoms with Crippen LogP contribution in [0.15, 0.2) is 55.1 Å². The topological polar surface area (TPSA) is 83.9 Å². The van der Waals surface area contributed by atoms with Gasteiger partial charge in [-0.1, -0.05) is 0 Å². The Balaban J connectivity index is 1.45. The van der Waals surface area contributed by atoms with Gasteiger partial charge in [-0.25, -0.2) is 19.3 Å².